The molecule has 0 saturated carbocycles. The molecule has 9 heavy (non-hydrogen) atoms. The summed E-state index contributed by atoms with van der Waals surface area (Å²) < 4.78 is 0.986. The largest absolute Gasteiger partial charge is 0.268 e. The predicted octanol–water partition coefficient (Wildman–Crippen LogP) is 2.89. The molecule has 0 aliphatic heterocycles. The fourth-order valence-electron chi connectivity index (χ4n) is 0.342. The van der Waals surface area contributed by atoms with Gasteiger partial charge in [0.05, 0.1) is 5.70 Å². The standard InChI is InChI=1S/C7H10BrN/c1-4-5-7(8)6(2)9-3/h4-5H,3H2,1-2H3/b5-4-,7-6+. The van der Waals surface area contributed by atoms with Crippen LogP contribution in [0.2, 0.25) is 0 Å². The van der Waals surface area contributed by atoms with Crippen molar-refractivity contribution >= 4 is 22.6 Å². The Balaban J connectivity index is 4.27. The highest BCUT2D eigenvalue weighted by molar-refractivity contribution is 9.11. The Morgan fingerprint density at radius 1 is 1.67 bits per heavy atom. The predicted molar refractivity (Wildman–Crippen MR) is 46.0 cm³/mol. The summed E-state index contributed by atoms with van der Waals surface area (Å²) >= 11 is 3.32. The van der Waals surface area contributed by atoms with E-state index < -0.39 is 0 Å². The Labute approximate surface area is 64.3 Å². The molecule has 2 heteroatoms. The van der Waals surface area contributed by atoms with Crippen LogP contribution in [0, 0.1) is 0 Å². The van der Waals surface area contributed by atoms with E-state index in [1.165, 1.54) is 0 Å². The van der Waals surface area contributed by atoms with Gasteiger partial charge in [-0.2, -0.15) is 0 Å². The van der Waals surface area contributed by atoms with Gasteiger partial charge in [-0.25, -0.2) is 0 Å². The van der Waals surface area contributed by atoms with Gasteiger partial charge in [-0.3, -0.25) is 4.99 Å². The van der Waals surface area contributed by atoms with Crippen molar-refractivity contribution < 1.29 is 0 Å². The van der Waals surface area contributed by atoms with Gasteiger partial charge >= 0.3 is 0 Å². The molecule has 0 radical (unpaired) electrons. The smallest absolute Gasteiger partial charge is 0.0507 e. The second-order valence-corrected chi connectivity index (χ2v) is 2.45. The van der Waals surface area contributed by atoms with E-state index in [1.807, 2.05) is 26.0 Å². The lowest BCUT2D eigenvalue weighted by molar-refractivity contribution is 1.32. The van der Waals surface area contributed by atoms with Crippen molar-refractivity contribution in [2.24, 2.45) is 4.99 Å². The highest BCUT2D eigenvalue weighted by atomic mass is 79.9. The highest BCUT2D eigenvalue weighted by Crippen LogP contribution is 2.13. The molecule has 1 nitrogen and oxygen atoms in total. The molecule has 0 N–H and O–H groups in total. The average Bonchev–Trinajstić information content (AvgIpc) is 1.87. The zero-order valence-electron chi connectivity index (χ0n) is 5.69. The van der Waals surface area contributed by atoms with E-state index in [2.05, 4.69) is 27.6 Å². The Morgan fingerprint density at radius 3 is 2.56 bits per heavy atom. The molecule has 0 aromatic heterocycles. The summed E-state index contributed by atoms with van der Waals surface area (Å²) in [6.45, 7) is 7.25. The summed E-state index contributed by atoms with van der Waals surface area (Å²) in [6, 6.07) is 0. The summed E-state index contributed by atoms with van der Waals surface area (Å²) in [6.07, 6.45) is 3.88. The number of hydrogen-bond donors (Lipinski definition) is 0. The molecule has 0 unspecified atom stereocenters. The lowest BCUT2D eigenvalue weighted by atomic mass is 10.4. The molecule has 0 bridgehead atoms. The minimum absolute atomic E-state index is 0.910. The molecule has 0 fully saturated rings. The molecule has 0 aliphatic rings. The van der Waals surface area contributed by atoms with E-state index in [0.29, 0.717) is 0 Å². The highest BCUT2D eigenvalue weighted by Gasteiger charge is 1.87. The molecule has 0 saturated heterocycles. The minimum Gasteiger partial charge on any atom is -0.268 e. The van der Waals surface area contributed by atoms with Gasteiger partial charge in [-0.1, -0.05) is 12.2 Å². The molecule has 0 aromatic rings. The SMILES string of the molecule is C=N/C(C)=C(Br)\C=C/C. The van der Waals surface area contributed by atoms with Gasteiger partial charge in [-0.05, 0) is 36.5 Å². The molecule has 0 heterocycles. The number of halogens is 1. The third-order valence-corrected chi connectivity index (χ3v) is 1.73. The molecule has 0 amide bonds. The lowest BCUT2D eigenvalue weighted by Gasteiger charge is -1.90. The molecule has 50 valence electrons. The first kappa shape index (κ1) is 8.63. The second kappa shape index (κ2) is 4.50. The van der Waals surface area contributed by atoms with Crippen molar-refractivity contribution in [2.45, 2.75) is 13.8 Å². The van der Waals surface area contributed by atoms with E-state index in [9.17, 15) is 0 Å². The monoisotopic (exact) mass is 187 g/mol. The number of hydrogen-bond acceptors (Lipinski definition) is 1. The summed E-state index contributed by atoms with van der Waals surface area (Å²) in [5.41, 5.74) is 0.910. The Kier molecular flexibility index (Phi) is 4.32. The first-order chi connectivity index (χ1) is 4.22. The van der Waals surface area contributed by atoms with E-state index in [0.717, 1.165) is 10.2 Å². The third kappa shape index (κ3) is 3.25. The van der Waals surface area contributed by atoms with Crippen LogP contribution in [0.15, 0.2) is 27.3 Å². The fraction of sp³-hybridized carbons (Fsp3) is 0.286. The maximum atomic E-state index is 3.74. The zero-order valence-corrected chi connectivity index (χ0v) is 7.27. The molecule has 0 aliphatic carbocycles. The number of allylic oxidation sites excluding steroid dienone is 4. The lowest BCUT2D eigenvalue weighted by Crippen LogP contribution is -1.69. The Morgan fingerprint density at radius 2 is 2.22 bits per heavy atom. The fourth-order valence-corrected chi connectivity index (χ4v) is 0.732. The van der Waals surface area contributed by atoms with Gasteiger partial charge in [0.2, 0.25) is 0 Å². The summed E-state index contributed by atoms with van der Waals surface area (Å²) in [5.74, 6) is 0. The van der Waals surface area contributed by atoms with Gasteiger partial charge in [0, 0.05) is 4.48 Å². The van der Waals surface area contributed by atoms with E-state index in [1.54, 1.807) is 0 Å². The summed E-state index contributed by atoms with van der Waals surface area (Å²) in [4.78, 5) is 3.74. The molecule has 0 atom stereocenters. The number of rotatable bonds is 2. The Hall–Kier alpha value is -0.370. The van der Waals surface area contributed by atoms with Gasteiger partial charge in [0.15, 0.2) is 0 Å². The van der Waals surface area contributed by atoms with Crippen molar-refractivity contribution in [1.82, 2.24) is 0 Å². The van der Waals surface area contributed by atoms with Crippen LogP contribution < -0.4 is 0 Å². The van der Waals surface area contributed by atoms with Crippen molar-refractivity contribution in [2.75, 3.05) is 0 Å². The van der Waals surface area contributed by atoms with Crippen LogP contribution in [0.25, 0.3) is 0 Å². The molecular weight excluding hydrogens is 178 g/mol. The maximum Gasteiger partial charge on any atom is 0.0507 e. The summed E-state index contributed by atoms with van der Waals surface area (Å²) in [7, 11) is 0. The van der Waals surface area contributed by atoms with Crippen LogP contribution in [-0.4, -0.2) is 6.72 Å². The maximum absolute atomic E-state index is 3.74. The van der Waals surface area contributed by atoms with Crippen LogP contribution in [0.1, 0.15) is 13.8 Å². The second-order valence-electron chi connectivity index (χ2n) is 1.59. The number of aliphatic imine (C=N–C) groups is 1. The molecular formula is C7H10BrN. The van der Waals surface area contributed by atoms with E-state index in [-0.39, 0.29) is 0 Å². The first-order valence-electron chi connectivity index (χ1n) is 2.68. The van der Waals surface area contributed by atoms with Crippen molar-refractivity contribution in [3.05, 3.63) is 22.3 Å². The third-order valence-electron chi connectivity index (χ3n) is 0.896. The van der Waals surface area contributed by atoms with Crippen LogP contribution in [0.3, 0.4) is 0 Å². The van der Waals surface area contributed by atoms with Crippen LogP contribution in [-0.2, 0) is 0 Å². The van der Waals surface area contributed by atoms with Crippen LogP contribution in [0.5, 0.6) is 0 Å². The van der Waals surface area contributed by atoms with Gasteiger partial charge < -0.3 is 0 Å². The van der Waals surface area contributed by atoms with Crippen molar-refractivity contribution in [3.8, 4) is 0 Å². The van der Waals surface area contributed by atoms with Gasteiger partial charge in [0.25, 0.3) is 0 Å². The molecule has 0 spiro atoms. The average molecular weight is 188 g/mol. The van der Waals surface area contributed by atoms with Crippen LogP contribution in [0.4, 0.5) is 0 Å². The number of nitrogens with zero attached hydrogens (tertiary/aromatic N) is 1. The van der Waals surface area contributed by atoms with Crippen molar-refractivity contribution in [1.29, 1.82) is 0 Å². The Bertz CT molecular complexity index is 156. The quantitative estimate of drug-likeness (QED) is 0.466. The first-order valence-corrected chi connectivity index (χ1v) is 3.47. The summed E-state index contributed by atoms with van der Waals surface area (Å²) in [5, 5.41) is 0. The van der Waals surface area contributed by atoms with Gasteiger partial charge in [-0.15, -0.1) is 0 Å². The molecule has 0 aromatic carbocycles. The van der Waals surface area contributed by atoms with E-state index >= 15 is 0 Å². The van der Waals surface area contributed by atoms with E-state index in [4.69, 9.17) is 0 Å². The van der Waals surface area contributed by atoms with Crippen LogP contribution >= 0.6 is 15.9 Å². The normalized spacial score (nSPS) is 13.7. The van der Waals surface area contributed by atoms with Crippen molar-refractivity contribution in [3.63, 3.8) is 0 Å². The molecule has 0 rings (SSSR count). The zero-order chi connectivity index (χ0) is 7.28. The van der Waals surface area contributed by atoms with Gasteiger partial charge in [0.1, 0.15) is 0 Å². The topological polar surface area (TPSA) is 12.4 Å². The minimum atomic E-state index is 0.910.